The molecule has 0 aliphatic carbocycles. The minimum Gasteiger partial charge on any atom is -0.337 e. The molecule has 0 radical (unpaired) electrons. The largest absolute Gasteiger partial charge is 0.337 e. The topological polar surface area (TPSA) is 70.6 Å². The van der Waals surface area contributed by atoms with Crippen LogP contribution in [0.5, 0.6) is 0 Å². The second-order valence-electron chi connectivity index (χ2n) is 6.16. The molecule has 0 atom stereocenters. The van der Waals surface area contributed by atoms with Crippen LogP contribution in [0.3, 0.4) is 0 Å². The average molecular weight is 371 g/mol. The van der Waals surface area contributed by atoms with Crippen LogP contribution in [0.2, 0.25) is 0 Å². The van der Waals surface area contributed by atoms with Gasteiger partial charge in [0.2, 0.25) is 15.9 Å². The predicted octanol–water partition coefficient (Wildman–Crippen LogP) is 1.94. The summed E-state index contributed by atoms with van der Waals surface area (Å²) in [5.41, 5.74) is 1.86. The fourth-order valence-electron chi connectivity index (χ4n) is 2.76. The SMILES string of the molecule is Cc1ccc(S(=O)(=O)N2CCN(C(=O)/C=C/c3cccnc3)CC2)cc1. The zero-order valence-electron chi connectivity index (χ0n) is 14.6. The monoisotopic (exact) mass is 371 g/mol. The fourth-order valence-corrected chi connectivity index (χ4v) is 4.18. The number of sulfonamides is 1. The van der Waals surface area contributed by atoms with E-state index in [1.165, 1.54) is 10.4 Å². The average Bonchev–Trinajstić information content (AvgIpc) is 2.67. The van der Waals surface area contributed by atoms with Gasteiger partial charge in [-0.15, -0.1) is 0 Å². The van der Waals surface area contributed by atoms with E-state index in [1.54, 1.807) is 53.7 Å². The minimum absolute atomic E-state index is 0.124. The highest BCUT2D eigenvalue weighted by Gasteiger charge is 2.29. The lowest BCUT2D eigenvalue weighted by atomic mass is 10.2. The smallest absolute Gasteiger partial charge is 0.246 e. The first-order valence-corrected chi connectivity index (χ1v) is 9.85. The van der Waals surface area contributed by atoms with Crippen LogP contribution in [-0.4, -0.2) is 54.7 Å². The van der Waals surface area contributed by atoms with Gasteiger partial charge in [-0.1, -0.05) is 23.8 Å². The lowest BCUT2D eigenvalue weighted by Crippen LogP contribution is -2.50. The highest BCUT2D eigenvalue weighted by molar-refractivity contribution is 7.89. The summed E-state index contributed by atoms with van der Waals surface area (Å²) in [5, 5.41) is 0. The van der Waals surface area contributed by atoms with Gasteiger partial charge in [0.25, 0.3) is 0 Å². The van der Waals surface area contributed by atoms with E-state index < -0.39 is 10.0 Å². The van der Waals surface area contributed by atoms with E-state index >= 15 is 0 Å². The van der Waals surface area contributed by atoms with Crippen molar-refractivity contribution in [2.45, 2.75) is 11.8 Å². The van der Waals surface area contributed by atoms with E-state index in [4.69, 9.17) is 0 Å². The molecule has 1 aromatic carbocycles. The second-order valence-corrected chi connectivity index (χ2v) is 8.10. The number of aryl methyl sites for hydroxylation is 1. The number of rotatable bonds is 4. The minimum atomic E-state index is -3.51. The first-order valence-electron chi connectivity index (χ1n) is 8.41. The molecule has 2 heterocycles. The van der Waals surface area contributed by atoms with Gasteiger partial charge in [0.1, 0.15) is 0 Å². The molecule has 136 valence electrons. The van der Waals surface area contributed by atoms with Crippen molar-refractivity contribution in [2.24, 2.45) is 0 Å². The van der Waals surface area contributed by atoms with Crippen LogP contribution in [0.4, 0.5) is 0 Å². The third-order valence-electron chi connectivity index (χ3n) is 4.31. The van der Waals surface area contributed by atoms with Crippen molar-refractivity contribution < 1.29 is 13.2 Å². The van der Waals surface area contributed by atoms with Crippen LogP contribution in [0.1, 0.15) is 11.1 Å². The molecule has 2 aromatic rings. The standard InChI is InChI=1S/C19H21N3O3S/c1-16-4-7-18(8-5-16)26(24,25)22-13-11-21(12-14-22)19(23)9-6-17-3-2-10-20-15-17/h2-10,15H,11-14H2,1H3/b9-6+. The first-order chi connectivity index (χ1) is 12.5. The molecule has 0 unspecified atom stereocenters. The van der Waals surface area contributed by atoms with Gasteiger partial charge >= 0.3 is 0 Å². The number of aromatic nitrogens is 1. The van der Waals surface area contributed by atoms with Gasteiger partial charge in [-0.3, -0.25) is 9.78 Å². The molecule has 1 aliphatic rings. The quantitative estimate of drug-likeness (QED) is 0.770. The molecule has 0 bridgehead atoms. The third kappa shape index (κ3) is 4.17. The molecule has 3 rings (SSSR count). The lowest BCUT2D eigenvalue weighted by Gasteiger charge is -2.33. The van der Waals surface area contributed by atoms with E-state index in [0.29, 0.717) is 31.1 Å². The Bertz CT molecular complexity index is 885. The summed E-state index contributed by atoms with van der Waals surface area (Å²) in [6.07, 6.45) is 6.56. The summed E-state index contributed by atoms with van der Waals surface area (Å²) in [6.45, 7) is 3.26. The molecule has 1 amide bonds. The molecule has 0 spiro atoms. The van der Waals surface area contributed by atoms with Crippen molar-refractivity contribution in [3.05, 3.63) is 66.0 Å². The van der Waals surface area contributed by atoms with E-state index in [-0.39, 0.29) is 5.91 Å². The van der Waals surface area contributed by atoms with Crippen molar-refractivity contribution >= 4 is 22.0 Å². The molecular formula is C19H21N3O3S. The lowest BCUT2D eigenvalue weighted by molar-refractivity contribution is -0.127. The maximum absolute atomic E-state index is 12.7. The van der Waals surface area contributed by atoms with E-state index in [1.807, 2.05) is 13.0 Å². The van der Waals surface area contributed by atoms with Crippen molar-refractivity contribution in [3.8, 4) is 0 Å². The number of carbonyl (C=O) groups is 1. The van der Waals surface area contributed by atoms with E-state index in [9.17, 15) is 13.2 Å². The van der Waals surface area contributed by atoms with Crippen molar-refractivity contribution in [3.63, 3.8) is 0 Å². The summed E-state index contributed by atoms with van der Waals surface area (Å²) in [5.74, 6) is -0.124. The molecule has 1 fully saturated rings. The van der Waals surface area contributed by atoms with Gasteiger partial charge < -0.3 is 4.90 Å². The molecule has 6 nitrogen and oxygen atoms in total. The Balaban J connectivity index is 1.61. The van der Waals surface area contributed by atoms with Crippen molar-refractivity contribution in [2.75, 3.05) is 26.2 Å². The molecule has 0 N–H and O–H groups in total. The van der Waals surface area contributed by atoms with Crippen LogP contribution >= 0.6 is 0 Å². The van der Waals surface area contributed by atoms with Crippen molar-refractivity contribution in [1.29, 1.82) is 0 Å². The van der Waals surface area contributed by atoms with Crippen LogP contribution in [0.15, 0.2) is 59.8 Å². The van der Waals surface area contributed by atoms with Crippen molar-refractivity contribution in [1.82, 2.24) is 14.2 Å². The van der Waals surface area contributed by atoms with Gasteiger partial charge in [-0.25, -0.2) is 8.42 Å². The summed E-state index contributed by atoms with van der Waals surface area (Å²) in [6, 6.07) is 10.5. The molecule has 1 aliphatic heterocycles. The Morgan fingerprint density at radius 2 is 1.77 bits per heavy atom. The Kier molecular flexibility index (Phi) is 5.49. The van der Waals surface area contributed by atoms with Gasteiger partial charge in [-0.05, 0) is 36.8 Å². The predicted molar refractivity (Wildman–Crippen MR) is 99.8 cm³/mol. The molecule has 26 heavy (non-hydrogen) atoms. The summed E-state index contributed by atoms with van der Waals surface area (Å²) in [4.78, 5) is 18.2. The molecule has 1 aromatic heterocycles. The van der Waals surface area contributed by atoms with Crippen LogP contribution < -0.4 is 0 Å². The number of nitrogens with zero attached hydrogens (tertiary/aromatic N) is 3. The third-order valence-corrected chi connectivity index (χ3v) is 6.22. The number of carbonyl (C=O) groups excluding carboxylic acids is 1. The van der Waals surface area contributed by atoms with E-state index in [0.717, 1.165) is 11.1 Å². The number of hydrogen-bond acceptors (Lipinski definition) is 4. The molecular weight excluding hydrogens is 350 g/mol. The fraction of sp³-hybridized carbons (Fsp3) is 0.263. The van der Waals surface area contributed by atoms with Crippen LogP contribution in [0.25, 0.3) is 6.08 Å². The molecule has 0 saturated carbocycles. The zero-order valence-corrected chi connectivity index (χ0v) is 15.4. The first kappa shape index (κ1) is 18.3. The maximum Gasteiger partial charge on any atom is 0.246 e. The summed E-state index contributed by atoms with van der Waals surface area (Å²) >= 11 is 0. The van der Waals surface area contributed by atoms with E-state index in [2.05, 4.69) is 4.98 Å². The van der Waals surface area contributed by atoms with Crippen LogP contribution in [-0.2, 0) is 14.8 Å². The summed E-state index contributed by atoms with van der Waals surface area (Å²) in [7, 11) is -3.51. The Labute approximate surface area is 153 Å². The second kappa shape index (κ2) is 7.80. The van der Waals surface area contributed by atoms with Gasteiger partial charge in [0, 0.05) is 44.6 Å². The maximum atomic E-state index is 12.7. The highest BCUT2D eigenvalue weighted by Crippen LogP contribution is 2.18. The number of benzene rings is 1. The molecule has 1 saturated heterocycles. The Morgan fingerprint density at radius 1 is 1.08 bits per heavy atom. The van der Waals surface area contributed by atoms with Gasteiger partial charge in [0.05, 0.1) is 4.90 Å². The highest BCUT2D eigenvalue weighted by atomic mass is 32.2. The molecule has 7 heteroatoms. The van der Waals surface area contributed by atoms with Crippen LogP contribution in [0, 0.1) is 6.92 Å². The number of amides is 1. The number of hydrogen-bond donors (Lipinski definition) is 0. The summed E-state index contributed by atoms with van der Waals surface area (Å²) < 4.78 is 26.8. The van der Waals surface area contributed by atoms with Gasteiger partial charge in [0.15, 0.2) is 0 Å². The Hall–Kier alpha value is -2.51. The number of piperazine rings is 1. The van der Waals surface area contributed by atoms with Gasteiger partial charge in [-0.2, -0.15) is 4.31 Å². The number of pyridine rings is 1. The zero-order chi connectivity index (χ0) is 18.6. The normalized spacial score (nSPS) is 16.1. The Morgan fingerprint density at radius 3 is 2.38 bits per heavy atom.